The van der Waals surface area contributed by atoms with Crippen LogP contribution in [0.25, 0.3) is 0 Å². The van der Waals surface area contributed by atoms with E-state index in [1.165, 1.54) is 56.2 Å². The number of hydrogen-bond acceptors (Lipinski definition) is 2. The number of unbranched alkanes of at least 4 members (excludes halogenated alkanes) is 5. The highest BCUT2D eigenvalue weighted by atomic mass is 15.1. The fourth-order valence-corrected chi connectivity index (χ4v) is 2.79. The molecular weight excluding hydrogens is 220 g/mol. The molecule has 0 radical (unpaired) electrons. The molecule has 0 spiro atoms. The Bertz CT molecular complexity index is 373. The number of nitrogen functional groups attached to an aromatic ring is 1. The average Bonchev–Trinajstić information content (AvgIpc) is 2.78. The van der Waals surface area contributed by atoms with Crippen molar-refractivity contribution in [2.24, 2.45) is 0 Å². The second-order valence-corrected chi connectivity index (χ2v) is 5.46. The number of rotatable bonds is 7. The van der Waals surface area contributed by atoms with Crippen molar-refractivity contribution in [3.8, 4) is 0 Å². The molecule has 2 rings (SSSR count). The Hall–Kier alpha value is -1.02. The Labute approximate surface area is 111 Å². The van der Waals surface area contributed by atoms with E-state index in [0.29, 0.717) is 0 Å². The quantitative estimate of drug-likeness (QED) is 0.583. The second kappa shape index (κ2) is 6.79. The molecule has 2 N–H and O–H groups in total. The van der Waals surface area contributed by atoms with E-state index >= 15 is 0 Å². The monoisotopic (exact) mass is 246 g/mol. The molecule has 0 aliphatic carbocycles. The van der Waals surface area contributed by atoms with E-state index in [2.05, 4.69) is 24.0 Å². The lowest BCUT2D eigenvalue weighted by atomic mass is 10.1. The van der Waals surface area contributed by atoms with E-state index in [-0.39, 0.29) is 0 Å². The Morgan fingerprint density at radius 2 is 1.83 bits per heavy atom. The Kier molecular flexibility index (Phi) is 5.06. The largest absolute Gasteiger partial charge is 0.398 e. The van der Waals surface area contributed by atoms with Crippen molar-refractivity contribution in [3.63, 3.8) is 0 Å². The van der Waals surface area contributed by atoms with Gasteiger partial charge in [-0.05, 0) is 30.2 Å². The molecule has 1 heterocycles. The first-order valence-electron chi connectivity index (χ1n) is 7.40. The maximum atomic E-state index is 6.02. The minimum Gasteiger partial charge on any atom is -0.398 e. The molecule has 0 aromatic heterocycles. The topological polar surface area (TPSA) is 29.3 Å². The van der Waals surface area contributed by atoms with Gasteiger partial charge in [-0.25, -0.2) is 0 Å². The van der Waals surface area contributed by atoms with Crippen LogP contribution in [-0.2, 0) is 13.1 Å². The summed E-state index contributed by atoms with van der Waals surface area (Å²) in [5, 5.41) is 0. The number of anilines is 1. The lowest BCUT2D eigenvalue weighted by Crippen LogP contribution is -2.17. The summed E-state index contributed by atoms with van der Waals surface area (Å²) in [5.74, 6) is 0. The first-order valence-corrected chi connectivity index (χ1v) is 7.40. The Morgan fingerprint density at radius 3 is 2.61 bits per heavy atom. The van der Waals surface area contributed by atoms with Crippen LogP contribution in [-0.4, -0.2) is 11.4 Å². The number of nitrogens with two attached hydrogens (primary N) is 1. The first kappa shape index (κ1) is 13.4. The molecular formula is C16H26N2. The minimum atomic E-state index is 0.970. The molecule has 2 nitrogen and oxygen atoms in total. The van der Waals surface area contributed by atoms with Crippen molar-refractivity contribution >= 4 is 5.69 Å². The molecule has 0 unspecified atom stereocenters. The van der Waals surface area contributed by atoms with Gasteiger partial charge >= 0.3 is 0 Å². The molecule has 1 aromatic rings. The molecule has 0 fully saturated rings. The van der Waals surface area contributed by atoms with Gasteiger partial charge in [0.25, 0.3) is 0 Å². The molecule has 0 bridgehead atoms. The van der Waals surface area contributed by atoms with Crippen LogP contribution in [0.4, 0.5) is 5.69 Å². The highest BCUT2D eigenvalue weighted by Crippen LogP contribution is 2.27. The van der Waals surface area contributed by atoms with Gasteiger partial charge in [0.05, 0.1) is 0 Å². The summed E-state index contributed by atoms with van der Waals surface area (Å²) in [6, 6.07) is 6.31. The lowest BCUT2D eigenvalue weighted by molar-refractivity contribution is 0.276. The van der Waals surface area contributed by atoms with Crippen molar-refractivity contribution in [2.75, 3.05) is 12.3 Å². The fraction of sp³-hybridized carbons (Fsp3) is 0.625. The highest BCUT2D eigenvalue weighted by Gasteiger charge is 2.19. The van der Waals surface area contributed by atoms with E-state index in [0.717, 1.165) is 18.8 Å². The van der Waals surface area contributed by atoms with Gasteiger partial charge in [-0.15, -0.1) is 0 Å². The van der Waals surface area contributed by atoms with Crippen LogP contribution in [0.5, 0.6) is 0 Å². The Balaban J connectivity index is 1.67. The van der Waals surface area contributed by atoms with Crippen molar-refractivity contribution < 1.29 is 0 Å². The third-order valence-corrected chi connectivity index (χ3v) is 3.91. The number of fused-ring (bicyclic) bond motifs is 1. The summed E-state index contributed by atoms with van der Waals surface area (Å²) in [6.45, 7) is 5.64. The highest BCUT2D eigenvalue weighted by molar-refractivity contribution is 5.52. The molecule has 1 aromatic carbocycles. The first-order chi connectivity index (χ1) is 8.81. The van der Waals surface area contributed by atoms with Crippen LogP contribution < -0.4 is 5.73 Å². The van der Waals surface area contributed by atoms with E-state index in [1.54, 1.807) is 0 Å². The minimum absolute atomic E-state index is 0.970. The Morgan fingerprint density at radius 1 is 1.06 bits per heavy atom. The van der Waals surface area contributed by atoms with Crippen molar-refractivity contribution in [1.29, 1.82) is 0 Å². The zero-order chi connectivity index (χ0) is 12.8. The van der Waals surface area contributed by atoms with Gasteiger partial charge in [0.15, 0.2) is 0 Å². The molecule has 1 aliphatic heterocycles. The van der Waals surface area contributed by atoms with E-state index in [1.807, 2.05) is 6.07 Å². The molecule has 0 amide bonds. The predicted molar refractivity (Wildman–Crippen MR) is 78.3 cm³/mol. The van der Waals surface area contributed by atoms with Gasteiger partial charge in [-0.3, -0.25) is 4.90 Å². The van der Waals surface area contributed by atoms with Crippen LogP contribution in [0.3, 0.4) is 0 Å². The summed E-state index contributed by atoms with van der Waals surface area (Å²) in [6.07, 6.45) is 8.24. The van der Waals surface area contributed by atoms with Crippen LogP contribution in [0.15, 0.2) is 18.2 Å². The number of hydrogen-bond donors (Lipinski definition) is 1. The normalized spacial score (nSPS) is 14.9. The number of benzene rings is 1. The summed E-state index contributed by atoms with van der Waals surface area (Å²) >= 11 is 0. The maximum Gasteiger partial charge on any atom is 0.0363 e. The summed E-state index contributed by atoms with van der Waals surface area (Å²) in [4.78, 5) is 2.53. The van der Waals surface area contributed by atoms with E-state index < -0.39 is 0 Å². The fourth-order valence-electron chi connectivity index (χ4n) is 2.79. The SMILES string of the molecule is CCCCCCCCN1Cc2cccc(N)c2C1. The maximum absolute atomic E-state index is 6.02. The lowest BCUT2D eigenvalue weighted by Gasteiger charge is -2.14. The summed E-state index contributed by atoms with van der Waals surface area (Å²) in [5.41, 5.74) is 9.78. The van der Waals surface area contributed by atoms with Gasteiger partial charge in [0.1, 0.15) is 0 Å². The molecule has 0 saturated heterocycles. The molecule has 0 atom stereocenters. The van der Waals surface area contributed by atoms with Gasteiger partial charge < -0.3 is 5.73 Å². The molecule has 100 valence electrons. The average molecular weight is 246 g/mol. The van der Waals surface area contributed by atoms with E-state index in [9.17, 15) is 0 Å². The van der Waals surface area contributed by atoms with Crippen molar-refractivity contribution in [3.05, 3.63) is 29.3 Å². The molecule has 18 heavy (non-hydrogen) atoms. The van der Waals surface area contributed by atoms with Gasteiger partial charge in [-0.2, -0.15) is 0 Å². The third-order valence-electron chi connectivity index (χ3n) is 3.91. The zero-order valence-electron chi connectivity index (χ0n) is 11.6. The van der Waals surface area contributed by atoms with Gasteiger partial charge in [-0.1, -0.05) is 51.2 Å². The number of nitrogens with zero attached hydrogens (tertiary/aromatic N) is 1. The molecule has 0 saturated carbocycles. The van der Waals surface area contributed by atoms with Crippen LogP contribution in [0, 0.1) is 0 Å². The smallest absolute Gasteiger partial charge is 0.0363 e. The van der Waals surface area contributed by atoms with Crippen LogP contribution in [0.2, 0.25) is 0 Å². The second-order valence-electron chi connectivity index (χ2n) is 5.46. The predicted octanol–water partition coefficient (Wildman–Crippen LogP) is 3.94. The standard InChI is InChI=1S/C16H26N2/c1-2-3-4-5-6-7-11-18-12-14-9-8-10-16(17)15(14)13-18/h8-10H,2-7,11-13,17H2,1H3. The van der Waals surface area contributed by atoms with Crippen LogP contribution in [0.1, 0.15) is 56.6 Å². The van der Waals surface area contributed by atoms with Crippen LogP contribution >= 0.6 is 0 Å². The van der Waals surface area contributed by atoms with Gasteiger partial charge in [0, 0.05) is 18.8 Å². The molecule has 1 aliphatic rings. The van der Waals surface area contributed by atoms with E-state index in [4.69, 9.17) is 5.73 Å². The molecule has 2 heteroatoms. The summed E-state index contributed by atoms with van der Waals surface area (Å²) < 4.78 is 0. The van der Waals surface area contributed by atoms with Gasteiger partial charge in [0.2, 0.25) is 0 Å². The van der Waals surface area contributed by atoms with Crippen molar-refractivity contribution in [1.82, 2.24) is 4.90 Å². The van der Waals surface area contributed by atoms with Crippen molar-refractivity contribution in [2.45, 2.75) is 58.5 Å². The summed E-state index contributed by atoms with van der Waals surface area (Å²) in [7, 11) is 0. The third kappa shape index (κ3) is 3.49. The zero-order valence-corrected chi connectivity index (χ0v) is 11.6.